The third kappa shape index (κ3) is 5.19. The highest BCUT2D eigenvalue weighted by Crippen LogP contribution is 2.13. The molecule has 2 rings (SSSR count). The van der Waals surface area contributed by atoms with Gasteiger partial charge in [-0.05, 0) is 48.9 Å². The van der Waals surface area contributed by atoms with Gasteiger partial charge in [-0.3, -0.25) is 4.79 Å². The molecule has 0 aromatic heterocycles. The predicted molar refractivity (Wildman–Crippen MR) is 93.1 cm³/mol. The van der Waals surface area contributed by atoms with Crippen molar-refractivity contribution in [1.29, 1.82) is 5.26 Å². The fourth-order valence-corrected chi connectivity index (χ4v) is 2.96. The highest BCUT2D eigenvalue weighted by Gasteiger charge is 2.16. The fourth-order valence-electron chi connectivity index (χ4n) is 1.97. The molecule has 7 heteroatoms. The van der Waals surface area contributed by atoms with Crippen LogP contribution in [0.2, 0.25) is 0 Å². The minimum atomic E-state index is -4.03. The van der Waals surface area contributed by atoms with Crippen molar-refractivity contribution in [2.45, 2.75) is 11.8 Å². The molecule has 0 aliphatic rings. The first-order chi connectivity index (χ1) is 11.9. The van der Waals surface area contributed by atoms with Gasteiger partial charge in [-0.1, -0.05) is 18.2 Å². The second-order valence-corrected chi connectivity index (χ2v) is 6.63. The molecule has 0 saturated carbocycles. The Morgan fingerprint density at radius 2 is 1.96 bits per heavy atom. The molecule has 1 amide bonds. The first-order valence-electron chi connectivity index (χ1n) is 7.42. The van der Waals surface area contributed by atoms with Gasteiger partial charge in [0, 0.05) is 6.08 Å². The third-order valence-electron chi connectivity index (χ3n) is 3.13. The molecule has 128 valence electrons. The molecule has 0 unspecified atom stereocenters. The minimum absolute atomic E-state index is 0.144. The van der Waals surface area contributed by atoms with E-state index in [-0.39, 0.29) is 10.5 Å². The molecular weight excluding hydrogens is 340 g/mol. The SMILES string of the molecule is CCOc1ccc(/C=C\C(=O)NS(=O)(=O)c2cccc(C#N)c2)cc1. The smallest absolute Gasteiger partial charge is 0.264 e. The van der Waals surface area contributed by atoms with E-state index >= 15 is 0 Å². The summed E-state index contributed by atoms with van der Waals surface area (Å²) in [6, 6.07) is 14.3. The maximum atomic E-state index is 12.1. The van der Waals surface area contributed by atoms with Gasteiger partial charge >= 0.3 is 0 Å². The molecule has 6 nitrogen and oxygen atoms in total. The van der Waals surface area contributed by atoms with Crippen LogP contribution in [-0.2, 0) is 14.8 Å². The highest BCUT2D eigenvalue weighted by molar-refractivity contribution is 7.90. The fraction of sp³-hybridized carbons (Fsp3) is 0.111. The van der Waals surface area contributed by atoms with Gasteiger partial charge in [0.1, 0.15) is 5.75 Å². The first kappa shape index (κ1) is 18.2. The number of hydrogen-bond donors (Lipinski definition) is 1. The van der Waals surface area contributed by atoms with Gasteiger partial charge in [-0.25, -0.2) is 13.1 Å². The summed E-state index contributed by atoms with van der Waals surface area (Å²) in [4.78, 5) is 11.7. The number of nitriles is 1. The number of nitrogens with one attached hydrogen (secondary N) is 1. The van der Waals surface area contributed by atoms with E-state index < -0.39 is 15.9 Å². The van der Waals surface area contributed by atoms with Crippen LogP contribution in [0.5, 0.6) is 5.75 Å². The van der Waals surface area contributed by atoms with Crippen LogP contribution in [0.1, 0.15) is 18.1 Å². The molecule has 1 N–H and O–H groups in total. The molecule has 0 spiro atoms. The number of hydrogen-bond acceptors (Lipinski definition) is 5. The lowest BCUT2D eigenvalue weighted by atomic mass is 10.2. The average Bonchev–Trinajstić information content (AvgIpc) is 2.61. The number of sulfonamides is 1. The Morgan fingerprint density at radius 3 is 2.60 bits per heavy atom. The summed E-state index contributed by atoms with van der Waals surface area (Å²) in [5.74, 6) is -0.0692. The standard InChI is InChI=1S/C18H16N2O4S/c1-2-24-16-9-6-14(7-10-16)8-11-18(21)20-25(22,23)17-5-3-4-15(12-17)13-19/h3-12H,2H2,1H3,(H,20,21)/b11-8-. The second-order valence-electron chi connectivity index (χ2n) is 4.94. The van der Waals surface area contributed by atoms with Crippen molar-refractivity contribution >= 4 is 22.0 Å². The molecule has 0 heterocycles. The van der Waals surface area contributed by atoms with Crippen LogP contribution in [0, 0.1) is 11.3 Å². The zero-order valence-corrected chi connectivity index (χ0v) is 14.3. The summed E-state index contributed by atoms with van der Waals surface area (Å²) in [5, 5.41) is 8.82. The van der Waals surface area contributed by atoms with Crippen molar-refractivity contribution in [2.24, 2.45) is 0 Å². The van der Waals surface area contributed by atoms with Gasteiger partial charge < -0.3 is 4.74 Å². The molecule has 0 fully saturated rings. The third-order valence-corrected chi connectivity index (χ3v) is 4.47. The number of rotatable bonds is 6. The predicted octanol–water partition coefficient (Wildman–Crippen LogP) is 2.48. The van der Waals surface area contributed by atoms with Crippen LogP contribution in [0.15, 0.2) is 59.5 Å². The number of benzene rings is 2. The minimum Gasteiger partial charge on any atom is -0.494 e. The number of carbonyl (C=O) groups is 1. The van der Waals surface area contributed by atoms with Crippen LogP contribution in [0.25, 0.3) is 6.08 Å². The Labute approximate surface area is 146 Å². The Hall–Kier alpha value is -3.11. The largest absolute Gasteiger partial charge is 0.494 e. The lowest BCUT2D eigenvalue weighted by Gasteiger charge is -2.05. The molecule has 0 aliphatic carbocycles. The second kappa shape index (κ2) is 8.13. The van der Waals surface area contributed by atoms with E-state index in [1.165, 1.54) is 30.3 Å². The maximum absolute atomic E-state index is 12.1. The first-order valence-corrected chi connectivity index (χ1v) is 8.91. The number of amides is 1. The van der Waals surface area contributed by atoms with E-state index in [0.29, 0.717) is 12.4 Å². The Balaban J connectivity index is 2.06. The normalized spacial score (nSPS) is 11.0. The molecule has 0 bridgehead atoms. The van der Waals surface area contributed by atoms with E-state index in [2.05, 4.69) is 0 Å². The van der Waals surface area contributed by atoms with E-state index in [4.69, 9.17) is 10.00 Å². The lowest BCUT2D eigenvalue weighted by Crippen LogP contribution is -2.29. The number of ether oxygens (including phenoxy) is 1. The van der Waals surface area contributed by atoms with Gasteiger partial charge in [-0.2, -0.15) is 5.26 Å². The quantitative estimate of drug-likeness (QED) is 0.802. The Bertz CT molecular complexity index is 926. The van der Waals surface area contributed by atoms with Gasteiger partial charge in [-0.15, -0.1) is 0 Å². The van der Waals surface area contributed by atoms with Gasteiger partial charge in [0.05, 0.1) is 23.1 Å². The molecule has 0 radical (unpaired) electrons. The zero-order valence-electron chi connectivity index (χ0n) is 13.5. The van der Waals surface area contributed by atoms with Crippen molar-refractivity contribution in [3.8, 4) is 11.8 Å². The van der Waals surface area contributed by atoms with Crippen molar-refractivity contribution in [3.63, 3.8) is 0 Å². The van der Waals surface area contributed by atoms with Crippen LogP contribution >= 0.6 is 0 Å². The molecule has 0 atom stereocenters. The summed E-state index contributed by atoms with van der Waals surface area (Å²) in [6.45, 7) is 2.44. The van der Waals surface area contributed by atoms with Gasteiger partial charge in [0.15, 0.2) is 0 Å². The molecule has 0 saturated heterocycles. The molecule has 0 aliphatic heterocycles. The molecule has 2 aromatic carbocycles. The van der Waals surface area contributed by atoms with Crippen molar-refractivity contribution in [2.75, 3.05) is 6.61 Å². The number of carbonyl (C=O) groups excluding carboxylic acids is 1. The Kier molecular flexibility index (Phi) is 5.93. The zero-order chi connectivity index (χ0) is 18.3. The lowest BCUT2D eigenvalue weighted by molar-refractivity contribution is -0.114. The van der Waals surface area contributed by atoms with Crippen LogP contribution in [0.4, 0.5) is 0 Å². The summed E-state index contributed by atoms with van der Waals surface area (Å²) in [6.07, 6.45) is 2.62. The van der Waals surface area contributed by atoms with E-state index in [9.17, 15) is 13.2 Å². The van der Waals surface area contributed by atoms with Crippen molar-refractivity contribution in [1.82, 2.24) is 4.72 Å². The Morgan fingerprint density at radius 1 is 1.24 bits per heavy atom. The topological polar surface area (TPSA) is 96.3 Å². The molecular formula is C18H16N2O4S. The van der Waals surface area contributed by atoms with Gasteiger partial charge in [0.2, 0.25) is 0 Å². The van der Waals surface area contributed by atoms with E-state index in [1.807, 2.05) is 17.7 Å². The van der Waals surface area contributed by atoms with E-state index in [0.717, 1.165) is 11.6 Å². The van der Waals surface area contributed by atoms with Gasteiger partial charge in [0.25, 0.3) is 15.9 Å². The van der Waals surface area contributed by atoms with Crippen LogP contribution in [-0.4, -0.2) is 20.9 Å². The monoisotopic (exact) mass is 356 g/mol. The summed E-state index contributed by atoms with van der Waals surface area (Å²) >= 11 is 0. The van der Waals surface area contributed by atoms with Crippen molar-refractivity contribution in [3.05, 3.63) is 65.7 Å². The van der Waals surface area contributed by atoms with Crippen LogP contribution in [0.3, 0.4) is 0 Å². The van der Waals surface area contributed by atoms with E-state index in [1.54, 1.807) is 24.3 Å². The summed E-state index contributed by atoms with van der Waals surface area (Å²) in [5.41, 5.74) is 0.919. The highest BCUT2D eigenvalue weighted by atomic mass is 32.2. The van der Waals surface area contributed by atoms with Crippen LogP contribution < -0.4 is 9.46 Å². The summed E-state index contributed by atoms with van der Waals surface area (Å²) < 4.78 is 31.5. The average molecular weight is 356 g/mol. The number of nitrogens with zero attached hydrogens (tertiary/aromatic N) is 1. The van der Waals surface area contributed by atoms with Crippen molar-refractivity contribution < 1.29 is 17.9 Å². The maximum Gasteiger partial charge on any atom is 0.264 e. The molecule has 2 aromatic rings. The molecule has 25 heavy (non-hydrogen) atoms. The summed E-state index contributed by atoms with van der Waals surface area (Å²) in [7, 11) is -4.03.